The lowest BCUT2D eigenvalue weighted by atomic mass is 10.1. The summed E-state index contributed by atoms with van der Waals surface area (Å²) in [5.41, 5.74) is 0.684. The normalized spacial score (nSPS) is 12.1. The molecule has 2 rings (SSSR count). The van der Waals surface area contributed by atoms with Gasteiger partial charge in [-0.05, 0) is 31.2 Å². The number of ether oxygens (including phenoxy) is 1. The average Bonchev–Trinajstić information content (AvgIpc) is 2.56. The number of esters is 1. The van der Waals surface area contributed by atoms with Crippen LogP contribution in [0.5, 0.6) is 0 Å². The molecule has 7 heteroatoms. The van der Waals surface area contributed by atoms with Crippen LogP contribution in [0, 0.1) is 0 Å². The van der Waals surface area contributed by atoms with Gasteiger partial charge in [0.1, 0.15) is 16.5 Å². The lowest BCUT2D eigenvalue weighted by Gasteiger charge is -2.07. The summed E-state index contributed by atoms with van der Waals surface area (Å²) in [4.78, 5) is 24.0. The number of pyridine rings is 2. The van der Waals surface area contributed by atoms with Gasteiger partial charge < -0.3 is 9.84 Å². The summed E-state index contributed by atoms with van der Waals surface area (Å²) in [6.07, 6.45) is 5.84. The second kappa shape index (κ2) is 8.05. The van der Waals surface area contributed by atoms with E-state index in [1.807, 2.05) is 0 Å². The van der Waals surface area contributed by atoms with Gasteiger partial charge in [0.15, 0.2) is 0 Å². The van der Waals surface area contributed by atoms with Crippen LogP contribution in [0.2, 0.25) is 5.15 Å². The third kappa shape index (κ3) is 4.37. The third-order valence-corrected chi connectivity index (χ3v) is 3.07. The molecule has 0 saturated heterocycles. The van der Waals surface area contributed by atoms with Crippen molar-refractivity contribution in [3.05, 3.63) is 59.1 Å². The number of aliphatic imine (C=N–C) groups is 1. The van der Waals surface area contributed by atoms with Crippen molar-refractivity contribution in [3.8, 4) is 0 Å². The van der Waals surface area contributed by atoms with Gasteiger partial charge >= 0.3 is 5.97 Å². The molecule has 0 spiro atoms. The number of carbonyl (C=O) groups excluding carboxylic acids is 1. The Hall–Kier alpha value is -2.73. The van der Waals surface area contributed by atoms with Crippen LogP contribution in [0.3, 0.4) is 0 Å². The van der Waals surface area contributed by atoms with Crippen molar-refractivity contribution in [1.29, 1.82) is 0 Å². The first kappa shape index (κ1) is 16.6. The number of carbonyl (C=O) groups is 1. The average molecular weight is 332 g/mol. The van der Waals surface area contributed by atoms with E-state index in [9.17, 15) is 9.90 Å². The Kier molecular flexibility index (Phi) is 5.82. The molecular weight excluding hydrogens is 318 g/mol. The van der Waals surface area contributed by atoms with E-state index >= 15 is 0 Å². The van der Waals surface area contributed by atoms with Crippen molar-refractivity contribution in [2.75, 3.05) is 6.61 Å². The number of halogens is 1. The minimum absolute atomic E-state index is 0.0732. The first-order valence-electron chi connectivity index (χ1n) is 6.78. The first-order valence-corrected chi connectivity index (χ1v) is 7.16. The highest BCUT2D eigenvalue weighted by molar-refractivity contribution is 6.31. The third-order valence-electron chi connectivity index (χ3n) is 2.77. The molecule has 0 radical (unpaired) electrons. The first-order chi connectivity index (χ1) is 11.1. The van der Waals surface area contributed by atoms with E-state index in [1.54, 1.807) is 43.6 Å². The fourth-order valence-corrected chi connectivity index (χ4v) is 1.91. The van der Waals surface area contributed by atoms with Gasteiger partial charge in [-0.2, -0.15) is 0 Å². The molecular formula is C16H14ClN3O3. The molecule has 6 nitrogen and oxygen atoms in total. The molecule has 0 unspecified atom stereocenters. The van der Waals surface area contributed by atoms with Crippen LogP contribution in [-0.4, -0.2) is 33.9 Å². The topological polar surface area (TPSA) is 84.7 Å². The molecule has 0 atom stereocenters. The Morgan fingerprint density at radius 2 is 2.09 bits per heavy atom. The molecule has 2 aromatic heterocycles. The summed E-state index contributed by atoms with van der Waals surface area (Å²) in [5.74, 6) is -1.05. The quantitative estimate of drug-likeness (QED) is 0.298. The molecule has 0 aliphatic heterocycles. The smallest absolute Gasteiger partial charge is 0.343 e. The van der Waals surface area contributed by atoms with Crippen molar-refractivity contribution in [1.82, 2.24) is 9.97 Å². The number of hydrogen-bond donors (Lipinski definition) is 1. The van der Waals surface area contributed by atoms with E-state index < -0.39 is 5.97 Å². The number of rotatable bonds is 5. The summed E-state index contributed by atoms with van der Waals surface area (Å²) in [6, 6.07) is 6.46. The van der Waals surface area contributed by atoms with Crippen molar-refractivity contribution in [2.24, 2.45) is 4.99 Å². The summed E-state index contributed by atoms with van der Waals surface area (Å²) in [6.45, 7) is 1.84. The lowest BCUT2D eigenvalue weighted by molar-refractivity contribution is -0.137. The van der Waals surface area contributed by atoms with Crippen molar-refractivity contribution >= 4 is 35.2 Å². The maximum atomic E-state index is 12.1. The van der Waals surface area contributed by atoms with Gasteiger partial charge in [-0.25, -0.2) is 9.78 Å². The number of aliphatic hydroxyl groups is 1. The zero-order valence-electron chi connectivity index (χ0n) is 12.3. The molecule has 0 saturated carbocycles. The van der Waals surface area contributed by atoms with Crippen LogP contribution in [0.15, 0.2) is 53.4 Å². The van der Waals surface area contributed by atoms with E-state index in [1.165, 1.54) is 12.4 Å². The zero-order valence-corrected chi connectivity index (χ0v) is 13.1. The van der Waals surface area contributed by atoms with Crippen LogP contribution in [0.4, 0.5) is 5.69 Å². The van der Waals surface area contributed by atoms with Crippen LogP contribution in [-0.2, 0) is 9.53 Å². The van der Waals surface area contributed by atoms with E-state index in [4.69, 9.17) is 16.3 Å². The highest BCUT2D eigenvalue weighted by atomic mass is 35.5. The highest BCUT2D eigenvalue weighted by Gasteiger charge is 2.18. The van der Waals surface area contributed by atoms with Crippen molar-refractivity contribution in [3.63, 3.8) is 0 Å². The second-order valence-electron chi connectivity index (χ2n) is 4.29. The lowest BCUT2D eigenvalue weighted by Crippen LogP contribution is -2.11. The molecule has 0 aromatic carbocycles. The van der Waals surface area contributed by atoms with Gasteiger partial charge in [0.2, 0.25) is 0 Å². The fraction of sp³-hybridized carbons (Fsp3) is 0.125. The Balaban J connectivity index is 2.45. The molecule has 1 N–H and O–H groups in total. The maximum absolute atomic E-state index is 12.1. The predicted molar refractivity (Wildman–Crippen MR) is 87.8 cm³/mol. The number of hydrogen-bond acceptors (Lipinski definition) is 6. The second-order valence-corrected chi connectivity index (χ2v) is 4.65. The standard InChI is InChI=1S/C16H14ClN3O3/c1-2-23-16(22)13(10-20-11-5-8-18-9-6-11)14(21)12-4-3-7-19-15(12)17/h3-10,21H,2H2,1H3. The minimum Gasteiger partial charge on any atom is -0.506 e. The van der Waals surface area contributed by atoms with Gasteiger partial charge in [0.05, 0.1) is 17.9 Å². The van der Waals surface area contributed by atoms with E-state index in [-0.39, 0.29) is 28.7 Å². The summed E-state index contributed by atoms with van der Waals surface area (Å²) < 4.78 is 4.95. The molecule has 23 heavy (non-hydrogen) atoms. The number of aromatic nitrogens is 2. The molecule has 0 amide bonds. The van der Waals surface area contributed by atoms with Crippen LogP contribution in [0.1, 0.15) is 12.5 Å². The van der Waals surface area contributed by atoms with Gasteiger partial charge in [0, 0.05) is 24.8 Å². The van der Waals surface area contributed by atoms with Crippen molar-refractivity contribution in [2.45, 2.75) is 6.92 Å². The summed E-state index contributed by atoms with van der Waals surface area (Å²) in [5, 5.41) is 10.5. The van der Waals surface area contributed by atoms with Gasteiger partial charge in [-0.3, -0.25) is 9.98 Å². The number of nitrogens with zero attached hydrogens (tertiary/aromatic N) is 3. The Bertz CT molecular complexity index is 745. The Labute approximate surface area is 138 Å². The minimum atomic E-state index is -0.706. The molecule has 2 heterocycles. The van der Waals surface area contributed by atoms with E-state index in [0.29, 0.717) is 5.69 Å². The fourth-order valence-electron chi connectivity index (χ4n) is 1.70. The van der Waals surface area contributed by atoms with Crippen molar-refractivity contribution < 1.29 is 14.6 Å². The van der Waals surface area contributed by atoms with Crippen LogP contribution >= 0.6 is 11.6 Å². The molecule has 0 aliphatic carbocycles. The molecule has 118 valence electrons. The Morgan fingerprint density at radius 1 is 1.35 bits per heavy atom. The Morgan fingerprint density at radius 3 is 2.74 bits per heavy atom. The zero-order chi connectivity index (χ0) is 16.7. The molecule has 2 aromatic rings. The molecule has 0 bridgehead atoms. The van der Waals surface area contributed by atoms with E-state index in [2.05, 4.69) is 15.0 Å². The van der Waals surface area contributed by atoms with Crippen LogP contribution < -0.4 is 0 Å². The van der Waals surface area contributed by atoms with Gasteiger partial charge in [-0.1, -0.05) is 11.6 Å². The van der Waals surface area contributed by atoms with Gasteiger partial charge in [0.25, 0.3) is 0 Å². The monoisotopic (exact) mass is 331 g/mol. The predicted octanol–water partition coefficient (Wildman–Crippen LogP) is 3.36. The van der Waals surface area contributed by atoms with Gasteiger partial charge in [-0.15, -0.1) is 0 Å². The van der Waals surface area contributed by atoms with E-state index in [0.717, 1.165) is 0 Å². The summed E-state index contributed by atoms with van der Waals surface area (Å²) in [7, 11) is 0. The SMILES string of the molecule is CCOC(=O)C(C=Nc1ccncc1)=C(O)c1cccnc1Cl. The largest absolute Gasteiger partial charge is 0.506 e. The molecule has 0 aliphatic rings. The van der Waals surface area contributed by atoms with Crippen LogP contribution in [0.25, 0.3) is 5.76 Å². The summed E-state index contributed by atoms with van der Waals surface area (Å²) >= 11 is 5.95. The maximum Gasteiger partial charge on any atom is 0.343 e. The highest BCUT2D eigenvalue weighted by Crippen LogP contribution is 2.23. The number of aliphatic hydroxyl groups excluding tert-OH is 1. The molecule has 0 fully saturated rings.